The summed E-state index contributed by atoms with van der Waals surface area (Å²) in [6.07, 6.45) is -4.66. The molecule has 0 bridgehead atoms. The van der Waals surface area contributed by atoms with Gasteiger partial charge in [-0.05, 0) is 31.2 Å². The number of rotatable bonds is 3. The maximum absolute atomic E-state index is 12.8. The normalized spacial score (nSPS) is 11.1. The number of nitro benzene ring substituents is 1. The number of esters is 1. The topological polar surface area (TPSA) is 69.4 Å². The fraction of sp³-hybridized carbons (Fsp3) is 0.133. The molecule has 0 fully saturated rings. The van der Waals surface area contributed by atoms with Crippen molar-refractivity contribution >= 4 is 11.7 Å². The van der Waals surface area contributed by atoms with Crippen LogP contribution in [0.15, 0.2) is 42.5 Å². The molecule has 120 valence electrons. The molecule has 0 unspecified atom stereocenters. The van der Waals surface area contributed by atoms with Crippen molar-refractivity contribution in [3.05, 3.63) is 69.3 Å². The van der Waals surface area contributed by atoms with Gasteiger partial charge in [-0.1, -0.05) is 12.1 Å². The van der Waals surface area contributed by atoms with Crippen molar-refractivity contribution in [2.24, 2.45) is 0 Å². The van der Waals surface area contributed by atoms with E-state index in [1.807, 2.05) is 0 Å². The van der Waals surface area contributed by atoms with E-state index in [1.165, 1.54) is 25.1 Å². The van der Waals surface area contributed by atoms with Gasteiger partial charge >= 0.3 is 12.1 Å². The smallest absolute Gasteiger partial charge is 0.419 e. The number of carbonyl (C=O) groups is 1. The van der Waals surface area contributed by atoms with Gasteiger partial charge in [-0.2, -0.15) is 13.2 Å². The Labute approximate surface area is 128 Å². The number of ether oxygens (including phenoxy) is 1. The Morgan fingerprint density at radius 3 is 2.39 bits per heavy atom. The minimum atomic E-state index is -4.66. The quantitative estimate of drug-likeness (QED) is 0.368. The Morgan fingerprint density at radius 1 is 1.17 bits per heavy atom. The molecule has 8 heteroatoms. The number of para-hydroxylation sites is 1. The molecular formula is C15H10F3NO4. The van der Waals surface area contributed by atoms with Crippen molar-refractivity contribution < 1.29 is 27.6 Å². The Balaban J connectivity index is 2.30. The standard InChI is InChI=1S/C15H10F3NO4/c1-9-8-10(6-7-12(9)19(21)22)14(20)23-13-5-3-2-4-11(13)15(16,17)18/h2-8H,1H3. The Hall–Kier alpha value is -2.90. The third-order valence-electron chi connectivity index (χ3n) is 3.02. The molecule has 2 rings (SSSR count). The van der Waals surface area contributed by atoms with E-state index in [-0.39, 0.29) is 16.8 Å². The molecular weight excluding hydrogens is 315 g/mol. The highest BCUT2D eigenvalue weighted by atomic mass is 19.4. The fourth-order valence-corrected chi connectivity index (χ4v) is 1.94. The molecule has 0 radical (unpaired) electrons. The lowest BCUT2D eigenvalue weighted by molar-refractivity contribution is -0.385. The summed E-state index contributed by atoms with van der Waals surface area (Å²) in [5.74, 6) is -1.65. The highest BCUT2D eigenvalue weighted by molar-refractivity contribution is 5.91. The molecule has 0 saturated heterocycles. The molecule has 0 atom stereocenters. The maximum Gasteiger partial charge on any atom is 0.419 e. The van der Waals surface area contributed by atoms with E-state index in [2.05, 4.69) is 0 Å². The molecule has 0 aromatic heterocycles. The van der Waals surface area contributed by atoms with Gasteiger partial charge in [-0.25, -0.2) is 4.79 Å². The average molecular weight is 325 g/mol. The summed E-state index contributed by atoms with van der Waals surface area (Å²) in [6, 6.07) is 7.72. The maximum atomic E-state index is 12.8. The van der Waals surface area contributed by atoms with Crippen molar-refractivity contribution in [3.63, 3.8) is 0 Å². The molecule has 0 N–H and O–H groups in total. The predicted octanol–water partition coefficient (Wildman–Crippen LogP) is 4.14. The van der Waals surface area contributed by atoms with E-state index in [4.69, 9.17) is 4.74 Å². The molecule has 0 aliphatic carbocycles. The van der Waals surface area contributed by atoms with Gasteiger partial charge in [0.25, 0.3) is 5.69 Å². The Kier molecular flexibility index (Phi) is 4.35. The van der Waals surface area contributed by atoms with Gasteiger partial charge in [0.05, 0.1) is 16.1 Å². The number of nitrogens with zero attached hydrogens (tertiary/aromatic N) is 1. The second-order valence-corrected chi connectivity index (χ2v) is 4.64. The van der Waals surface area contributed by atoms with Gasteiger partial charge in [0.15, 0.2) is 0 Å². The molecule has 0 spiro atoms. The van der Waals surface area contributed by atoms with E-state index in [1.54, 1.807) is 0 Å². The SMILES string of the molecule is Cc1cc(C(=O)Oc2ccccc2C(F)(F)F)ccc1[N+](=O)[O-]. The molecule has 2 aromatic carbocycles. The van der Waals surface area contributed by atoms with Crippen LogP contribution in [0.3, 0.4) is 0 Å². The van der Waals surface area contributed by atoms with E-state index in [9.17, 15) is 28.1 Å². The lowest BCUT2D eigenvalue weighted by atomic mass is 10.1. The summed E-state index contributed by atoms with van der Waals surface area (Å²) in [6.45, 7) is 1.42. The van der Waals surface area contributed by atoms with Gasteiger partial charge in [0.1, 0.15) is 5.75 Å². The van der Waals surface area contributed by atoms with Crippen molar-refractivity contribution in [2.75, 3.05) is 0 Å². The van der Waals surface area contributed by atoms with E-state index in [0.29, 0.717) is 0 Å². The van der Waals surface area contributed by atoms with Crippen LogP contribution < -0.4 is 4.74 Å². The second kappa shape index (κ2) is 6.07. The minimum Gasteiger partial charge on any atom is -0.422 e. The Bertz CT molecular complexity index is 772. The summed E-state index contributed by atoms with van der Waals surface area (Å²) < 4.78 is 43.3. The number of hydrogen-bond donors (Lipinski definition) is 0. The second-order valence-electron chi connectivity index (χ2n) is 4.64. The van der Waals surface area contributed by atoms with Crippen molar-refractivity contribution in [1.29, 1.82) is 0 Å². The molecule has 2 aromatic rings. The minimum absolute atomic E-state index is 0.0786. The number of carbonyl (C=O) groups excluding carboxylic acids is 1. The predicted molar refractivity (Wildman–Crippen MR) is 74.2 cm³/mol. The summed E-state index contributed by atoms with van der Waals surface area (Å²) in [5.41, 5.74) is -1.15. The molecule has 0 aliphatic heterocycles. The van der Waals surface area contributed by atoms with Crippen molar-refractivity contribution in [3.8, 4) is 5.75 Å². The monoisotopic (exact) mass is 325 g/mol. The van der Waals surface area contributed by atoms with E-state index >= 15 is 0 Å². The lowest BCUT2D eigenvalue weighted by Crippen LogP contribution is -2.14. The number of halogens is 3. The van der Waals surface area contributed by atoms with Crippen LogP contribution in [0.5, 0.6) is 5.75 Å². The average Bonchev–Trinajstić information content (AvgIpc) is 2.46. The molecule has 0 saturated carbocycles. The van der Waals surface area contributed by atoms with Crippen molar-refractivity contribution in [2.45, 2.75) is 13.1 Å². The third kappa shape index (κ3) is 3.65. The first-order valence-corrected chi connectivity index (χ1v) is 6.33. The van der Waals surface area contributed by atoms with Crippen LogP contribution >= 0.6 is 0 Å². The van der Waals surface area contributed by atoms with Gasteiger partial charge in [0.2, 0.25) is 0 Å². The van der Waals surface area contributed by atoms with Crippen LogP contribution in [0.1, 0.15) is 21.5 Å². The summed E-state index contributed by atoms with van der Waals surface area (Å²) >= 11 is 0. The van der Waals surface area contributed by atoms with Crippen molar-refractivity contribution in [1.82, 2.24) is 0 Å². The zero-order valence-corrected chi connectivity index (χ0v) is 11.8. The number of hydrogen-bond acceptors (Lipinski definition) is 4. The lowest BCUT2D eigenvalue weighted by Gasteiger charge is -2.12. The Morgan fingerprint density at radius 2 is 1.83 bits per heavy atom. The van der Waals surface area contributed by atoms with E-state index < -0.39 is 28.4 Å². The molecule has 0 heterocycles. The first kappa shape index (κ1) is 16.5. The first-order valence-electron chi connectivity index (χ1n) is 6.33. The van der Waals surface area contributed by atoms with Crippen LogP contribution in [-0.4, -0.2) is 10.9 Å². The third-order valence-corrected chi connectivity index (χ3v) is 3.02. The van der Waals surface area contributed by atoms with Crippen LogP contribution in [0.2, 0.25) is 0 Å². The highest BCUT2D eigenvalue weighted by Crippen LogP contribution is 2.36. The first-order chi connectivity index (χ1) is 10.7. The number of alkyl halides is 3. The van der Waals surface area contributed by atoms with Crippen LogP contribution in [-0.2, 0) is 6.18 Å². The molecule has 0 aliphatic rings. The van der Waals surface area contributed by atoms with Gasteiger partial charge < -0.3 is 4.74 Å². The summed E-state index contributed by atoms with van der Waals surface area (Å²) in [7, 11) is 0. The van der Waals surface area contributed by atoms with Gasteiger partial charge in [-0.3, -0.25) is 10.1 Å². The molecule has 0 amide bonds. The molecule has 23 heavy (non-hydrogen) atoms. The highest BCUT2D eigenvalue weighted by Gasteiger charge is 2.34. The van der Waals surface area contributed by atoms with Crippen LogP contribution in [0.4, 0.5) is 18.9 Å². The van der Waals surface area contributed by atoms with Crippen LogP contribution in [0, 0.1) is 17.0 Å². The number of aryl methyl sites for hydroxylation is 1. The van der Waals surface area contributed by atoms with Gasteiger partial charge in [-0.15, -0.1) is 0 Å². The van der Waals surface area contributed by atoms with Gasteiger partial charge in [0, 0.05) is 11.6 Å². The fourth-order valence-electron chi connectivity index (χ4n) is 1.94. The zero-order valence-electron chi connectivity index (χ0n) is 11.8. The largest absolute Gasteiger partial charge is 0.422 e. The van der Waals surface area contributed by atoms with E-state index in [0.717, 1.165) is 24.3 Å². The summed E-state index contributed by atoms with van der Waals surface area (Å²) in [5, 5.41) is 10.7. The number of benzene rings is 2. The number of nitro groups is 1. The molecule has 5 nitrogen and oxygen atoms in total. The van der Waals surface area contributed by atoms with Crippen LogP contribution in [0.25, 0.3) is 0 Å². The summed E-state index contributed by atoms with van der Waals surface area (Å²) in [4.78, 5) is 22.1. The zero-order chi connectivity index (χ0) is 17.2.